The molecule has 3 nitrogen and oxygen atoms in total. The van der Waals surface area contributed by atoms with Gasteiger partial charge in [-0.1, -0.05) is 74.7 Å². The van der Waals surface area contributed by atoms with Crippen LogP contribution < -0.4 is 5.73 Å². The summed E-state index contributed by atoms with van der Waals surface area (Å²) in [6, 6.07) is 17.5. The maximum atomic E-state index is 11.2. The first-order valence-corrected chi connectivity index (χ1v) is 9.92. The van der Waals surface area contributed by atoms with Crippen LogP contribution in [0, 0.1) is 0 Å². The molecule has 0 saturated heterocycles. The molecule has 144 valence electrons. The summed E-state index contributed by atoms with van der Waals surface area (Å²) in [5.74, 6) is -0.423. The van der Waals surface area contributed by atoms with Crippen LogP contribution in [0.1, 0.15) is 66.9 Å². The van der Waals surface area contributed by atoms with Gasteiger partial charge in [-0.3, -0.25) is 4.79 Å². The minimum Gasteiger partial charge on any atom is -0.389 e. The second-order valence-electron chi connectivity index (χ2n) is 7.06. The molecule has 3 N–H and O–H groups in total. The maximum absolute atomic E-state index is 11.2. The van der Waals surface area contributed by atoms with Crippen molar-refractivity contribution in [1.29, 1.82) is 0 Å². The average Bonchev–Trinajstić information content (AvgIpc) is 2.69. The molecule has 27 heavy (non-hydrogen) atoms. The molecular formula is C24H31NO2. The zero-order chi connectivity index (χ0) is 19.5. The summed E-state index contributed by atoms with van der Waals surface area (Å²) in [7, 11) is 0. The number of carbonyl (C=O) groups is 1. The predicted molar refractivity (Wildman–Crippen MR) is 112 cm³/mol. The molecule has 1 amide bonds. The Hall–Kier alpha value is -2.39. The fourth-order valence-electron chi connectivity index (χ4n) is 3.18. The van der Waals surface area contributed by atoms with Crippen molar-refractivity contribution in [2.45, 2.75) is 58.0 Å². The highest BCUT2D eigenvalue weighted by Crippen LogP contribution is 2.21. The molecule has 2 aromatic rings. The number of carbonyl (C=O) groups excluding carboxylic acids is 1. The third-order valence-corrected chi connectivity index (χ3v) is 4.84. The van der Waals surface area contributed by atoms with E-state index in [0.717, 1.165) is 30.4 Å². The molecule has 0 aliphatic heterocycles. The van der Waals surface area contributed by atoms with Gasteiger partial charge in [0.05, 0.1) is 6.10 Å². The number of hydrogen-bond donors (Lipinski definition) is 2. The number of primary amides is 1. The monoisotopic (exact) mass is 365 g/mol. The van der Waals surface area contributed by atoms with Crippen LogP contribution in [0.25, 0.3) is 6.08 Å². The van der Waals surface area contributed by atoms with E-state index in [1.54, 1.807) is 12.1 Å². The highest BCUT2D eigenvalue weighted by molar-refractivity contribution is 5.92. The first-order chi connectivity index (χ1) is 13.1. The SMILES string of the molecule is CCCCCC/C(=C\c1ccc(C(N)=O)cc1)C(O)CCc1ccccc1. The number of benzene rings is 2. The molecule has 1 atom stereocenters. The van der Waals surface area contributed by atoms with Gasteiger partial charge in [-0.2, -0.15) is 0 Å². The molecule has 2 aromatic carbocycles. The van der Waals surface area contributed by atoms with Crippen LogP contribution in [0.2, 0.25) is 0 Å². The second-order valence-corrected chi connectivity index (χ2v) is 7.06. The van der Waals surface area contributed by atoms with Gasteiger partial charge in [-0.25, -0.2) is 0 Å². The van der Waals surface area contributed by atoms with Gasteiger partial charge in [0.1, 0.15) is 0 Å². The minimum absolute atomic E-state index is 0.423. The summed E-state index contributed by atoms with van der Waals surface area (Å²) >= 11 is 0. The summed E-state index contributed by atoms with van der Waals surface area (Å²) < 4.78 is 0. The van der Waals surface area contributed by atoms with Crippen molar-refractivity contribution in [1.82, 2.24) is 0 Å². The zero-order valence-electron chi connectivity index (χ0n) is 16.2. The van der Waals surface area contributed by atoms with Gasteiger partial charge in [-0.15, -0.1) is 0 Å². The smallest absolute Gasteiger partial charge is 0.248 e. The quantitative estimate of drug-likeness (QED) is 0.542. The molecule has 1 unspecified atom stereocenters. The van der Waals surface area contributed by atoms with E-state index in [2.05, 4.69) is 25.1 Å². The Kier molecular flexibility index (Phi) is 8.79. The molecule has 0 spiro atoms. The topological polar surface area (TPSA) is 63.3 Å². The van der Waals surface area contributed by atoms with Crippen LogP contribution in [-0.2, 0) is 6.42 Å². The molecule has 0 saturated carbocycles. The lowest BCUT2D eigenvalue weighted by molar-refractivity contribution is 0.100. The van der Waals surface area contributed by atoms with E-state index < -0.39 is 12.0 Å². The number of amides is 1. The number of aliphatic hydroxyl groups is 1. The Bertz CT molecular complexity index is 720. The van der Waals surface area contributed by atoms with Gasteiger partial charge in [0.25, 0.3) is 0 Å². The van der Waals surface area contributed by atoms with Crippen LogP contribution in [0.15, 0.2) is 60.2 Å². The lowest BCUT2D eigenvalue weighted by Crippen LogP contribution is -2.12. The standard InChI is InChI=1S/C24H31NO2/c1-2-3-4-8-11-22(18-20-12-15-21(16-13-20)24(25)27)23(26)17-14-19-9-6-5-7-10-19/h5-7,9-10,12-13,15-16,18,23,26H,2-4,8,11,14,17H2,1H3,(H2,25,27)/b22-18+. The molecule has 0 fully saturated rings. The van der Waals surface area contributed by atoms with E-state index >= 15 is 0 Å². The molecule has 0 bridgehead atoms. The highest BCUT2D eigenvalue weighted by Gasteiger charge is 2.12. The Balaban J connectivity index is 2.07. The number of unbranched alkanes of at least 4 members (excludes halogenated alkanes) is 3. The molecule has 2 rings (SSSR count). The van der Waals surface area contributed by atoms with Gasteiger partial charge in [0.15, 0.2) is 0 Å². The molecular weight excluding hydrogens is 334 g/mol. The Morgan fingerprint density at radius 1 is 1.04 bits per heavy atom. The van der Waals surface area contributed by atoms with Crippen molar-refractivity contribution in [2.24, 2.45) is 5.73 Å². The molecule has 3 heteroatoms. The van der Waals surface area contributed by atoms with Crippen LogP contribution in [0.4, 0.5) is 0 Å². The summed E-state index contributed by atoms with van der Waals surface area (Å²) in [5.41, 5.74) is 9.11. The Morgan fingerprint density at radius 3 is 2.37 bits per heavy atom. The normalized spacial score (nSPS) is 12.7. The number of aryl methyl sites for hydroxylation is 1. The van der Waals surface area contributed by atoms with Crippen molar-refractivity contribution in [3.05, 3.63) is 76.9 Å². The Morgan fingerprint density at radius 2 is 1.74 bits per heavy atom. The second kappa shape index (κ2) is 11.3. The summed E-state index contributed by atoms with van der Waals surface area (Å²) in [6.45, 7) is 2.20. The molecule has 0 aliphatic rings. The summed E-state index contributed by atoms with van der Waals surface area (Å²) in [4.78, 5) is 11.2. The van der Waals surface area contributed by atoms with Crippen LogP contribution in [0.3, 0.4) is 0 Å². The number of aliphatic hydroxyl groups excluding tert-OH is 1. The first kappa shape index (κ1) is 20.9. The van der Waals surface area contributed by atoms with E-state index in [-0.39, 0.29) is 0 Å². The largest absolute Gasteiger partial charge is 0.389 e. The van der Waals surface area contributed by atoms with Gasteiger partial charge < -0.3 is 10.8 Å². The van der Waals surface area contributed by atoms with Crippen LogP contribution in [-0.4, -0.2) is 17.1 Å². The summed E-state index contributed by atoms with van der Waals surface area (Å²) in [5, 5.41) is 10.8. The number of hydrogen-bond acceptors (Lipinski definition) is 2. The van der Waals surface area contributed by atoms with E-state index in [9.17, 15) is 9.90 Å². The van der Waals surface area contributed by atoms with E-state index in [1.807, 2.05) is 30.3 Å². The maximum Gasteiger partial charge on any atom is 0.248 e. The van der Waals surface area contributed by atoms with E-state index in [4.69, 9.17) is 5.73 Å². The number of nitrogens with two attached hydrogens (primary N) is 1. The minimum atomic E-state index is -0.456. The van der Waals surface area contributed by atoms with Crippen molar-refractivity contribution >= 4 is 12.0 Å². The van der Waals surface area contributed by atoms with Crippen molar-refractivity contribution < 1.29 is 9.90 Å². The van der Waals surface area contributed by atoms with Crippen molar-refractivity contribution in [3.63, 3.8) is 0 Å². The average molecular weight is 366 g/mol. The lowest BCUT2D eigenvalue weighted by Gasteiger charge is -2.16. The zero-order valence-corrected chi connectivity index (χ0v) is 16.2. The molecule has 0 aromatic heterocycles. The fraction of sp³-hybridized carbons (Fsp3) is 0.375. The predicted octanol–water partition coefficient (Wildman–Crippen LogP) is 5.13. The van der Waals surface area contributed by atoms with Crippen LogP contribution in [0.5, 0.6) is 0 Å². The third kappa shape index (κ3) is 7.40. The van der Waals surface area contributed by atoms with Gasteiger partial charge in [0, 0.05) is 5.56 Å². The number of rotatable bonds is 11. The van der Waals surface area contributed by atoms with E-state index in [0.29, 0.717) is 12.0 Å². The highest BCUT2D eigenvalue weighted by atomic mass is 16.3. The molecule has 0 aliphatic carbocycles. The van der Waals surface area contributed by atoms with Gasteiger partial charge in [0.2, 0.25) is 5.91 Å². The van der Waals surface area contributed by atoms with Gasteiger partial charge >= 0.3 is 0 Å². The van der Waals surface area contributed by atoms with Crippen molar-refractivity contribution in [2.75, 3.05) is 0 Å². The lowest BCUT2D eigenvalue weighted by atomic mass is 9.95. The van der Waals surface area contributed by atoms with Crippen molar-refractivity contribution in [3.8, 4) is 0 Å². The van der Waals surface area contributed by atoms with E-state index in [1.165, 1.54) is 24.8 Å². The first-order valence-electron chi connectivity index (χ1n) is 9.92. The van der Waals surface area contributed by atoms with Gasteiger partial charge in [-0.05, 0) is 54.5 Å². The molecule has 0 heterocycles. The third-order valence-electron chi connectivity index (χ3n) is 4.84. The fourth-order valence-corrected chi connectivity index (χ4v) is 3.18. The Labute approximate surface area is 162 Å². The van der Waals surface area contributed by atoms with Crippen LogP contribution >= 0.6 is 0 Å². The summed E-state index contributed by atoms with van der Waals surface area (Å²) in [6.07, 6.45) is 8.76. The molecule has 0 radical (unpaired) electrons.